The van der Waals surface area contributed by atoms with E-state index in [4.69, 9.17) is 15.0 Å². The fourth-order valence-corrected chi connectivity index (χ4v) is 8.55. The average Bonchev–Trinajstić information content (AvgIpc) is 3.33. The number of rotatable bonds is 7. The van der Waals surface area contributed by atoms with Crippen molar-refractivity contribution in [1.29, 1.82) is 0 Å². The Bertz CT molecular complexity index is 3280. The smallest absolute Gasteiger partial charge is 0.164 e. The maximum Gasteiger partial charge on any atom is 0.164 e. The molecular formula is C57H37N3. The van der Waals surface area contributed by atoms with Gasteiger partial charge < -0.3 is 0 Å². The molecular weight excluding hydrogens is 727 g/mol. The molecule has 3 nitrogen and oxygen atoms in total. The lowest BCUT2D eigenvalue weighted by Gasteiger charge is -2.18. The first-order valence-electron chi connectivity index (χ1n) is 20.3. The highest BCUT2D eigenvalue weighted by Gasteiger charge is 2.18. The van der Waals surface area contributed by atoms with Gasteiger partial charge in [0.05, 0.1) is 0 Å². The Balaban J connectivity index is 1.00. The Kier molecular flexibility index (Phi) is 8.83. The molecule has 0 aliphatic heterocycles. The molecule has 0 radical (unpaired) electrons. The molecule has 1 heterocycles. The van der Waals surface area contributed by atoms with E-state index in [2.05, 4.69) is 188 Å². The van der Waals surface area contributed by atoms with Crippen molar-refractivity contribution >= 4 is 32.3 Å². The zero-order valence-electron chi connectivity index (χ0n) is 32.7. The number of nitrogens with zero attached hydrogens (tertiary/aromatic N) is 3. The third kappa shape index (κ3) is 6.49. The maximum absolute atomic E-state index is 5.10. The molecule has 0 aliphatic rings. The van der Waals surface area contributed by atoms with Gasteiger partial charge in [-0.15, -0.1) is 0 Å². The first-order valence-corrected chi connectivity index (χ1v) is 20.3. The van der Waals surface area contributed by atoms with Crippen LogP contribution in [0.1, 0.15) is 0 Å². The Labute approximate surface area is 349 Å². The van der Waals surface area contributed by atoms with Crippen LogP contribution in [0, 0.1) is 0 Å². The van der Waals surface area contributed by atoms with Crippen molar-refractivity contribution in [3.63, 3.8) is 0 Å². The van der Waals surface area contributed by atoms with Crippen molar-refractivity contribution in [2.45, 2.75) is 0 Å². The lowest BCUT2D eigenvalue weighted by atomic mass is 9.85. The number of hydrogen-bond acceptors (Lipinski definition) is 3. The first kappa shape index (κ1) is 35.2. The molecule has 0 N–H and O–H groups in total. The van der Waals surface area contributed by atoms with Gasteiger partial charge in [0, 0.05) is 16.7 Å². The Morgan fingerprint density at radius 2 is 0.550 bits per heavy atom. The summed E-state index contributed by atoms with van der Waals surface area (Å²) >= 11 is 0. The van der Waals surface area contributed by atoms with Gasteiger partial charge in [-0.1, -0.05) is 212 Å². The molecule has 0 amide bonds. The third-order valence-corrected chi connectivity index (χ3v) is 11.5. The average molecular weight is 764 g/mol. The normalized spacial score (nSPS) is 11.3. The van der Waals surface area contributed by atoms with Gasteiger partial charge in [0.1, 0.15) is 0 Å². The van der Waals surface area contributed by atoms with E-state index in [1.54, 1.807) is 0 Å². The zero-order valence-corrected chi connectivity index (χ0v) is 32.7. The minimum absolute atomic E-state index is 0.632. The molecule has 10 aromatic carbocycles. The van der Waals surface area contributed by atoms with E-state index in [9.17, 15) is 0 Å². The molecule has 280 valence electrons. The Morgan fingerprint density at radius 3 is 1.12 bits per heavy atom. The second kappa shape index (κ2) is 15.1. The van der Waals surface area contributed by atoms with E-state index in [1.165, 1.54) is 60.1 Å². The largest absolute Gasteiger partial charge is 0.208 e. The highest BCUT2D eigenvalue weighted by molar-refractivity contribution is 6.21. The van der Waals surface area contributed by atoms with Crippen molar-refractivity contribution in [3.05, 3.63) is 224 Å². The SMILES string of the molecule is c1ccc(-c2cccc(-c3nc(-c4ccccc4)nc(-c4ccc(-c5c6ccccc6c(-c6ccc(-c7ccc8ccccc8c7)cc6)c6ccccc56)cc4)n3)c2)cc1. The molecule has 0 fully saturated rings. The van der Waals surface area contributed by atoms with E-state index in [1.807, 2.05) is 36.4 Å². The standard InChI is InChI=1S/C57H37N3/c1-3-14-38(15-4-1)46-20-13-21-48(37-46)57-59-55(43-17-5-2-6-18-43)58-56(60-57)44-33-31-42(32-34-44)54-51-24-11-9-22-49(51)53(50-23-10-12-25-52(50)54)41-29-26-40(27-30-41)47-35-28-39-16-7-8-19-45(39)36-47/h1-37H. The van der Waals surface area contributed by atoms with Gasteiger partial charge in [-0.3, -0.25) is 0 Å². The van der Waals surface area contributed by atoms with Crippen molar-refractivity contribution < 1.29 is 0 Å². The van der Waals surface area contributed by atoms with Crippen LogP contribution in [0.2, 0.25) is 0 Å². The number of fused-ring (bicyclic) bond motifs is 3. The highest BCUT2D eigenvalue weighted by atomic mass is 15.0. The topological polar surface area (TPSA) is 38.7 Å². The van der Waals surface area contributed by atoms with Crippen LogP contribution in [0.15, 0.2) is 224 Å². The summed E-state index contributed by atoms with van der Waals surface area (Å²) < 4.78 is 0. The van der Waals surface area contributed by atoms with Gasteiger partial charge in [-0.2, -0.15) is 0 Å². The maximum atomic E-state index is 5.10. The summed E-state index contributed by atoms with van der Waals surface area (Å²) in [5, 5.41) is 7.37. The Hall–Kier alpha value is -8.01. The highest BCUT2D eigenvalue weighted by Crippen LogP contribution is 2.44. The van der Waals surface area contributed by atoms with Gasteiger partial charge in [0.15, 0.2) is 17.5 Å². The van der Waals surface area contributed by atoms with E-state index in [0.717, 1.165) is 33.4 Å². The van der Waals surface area contributed by atoms with Gasteiger partial charge >= 0.3 is 0 Å². The molecule has 0 saturated carbocycles. The van der Waals surface area contributed by atoms with Gasteiger partial charge in [-0.05, 0) is 89.0 Å². The fraction of sp³-hybridized carbons (Fsp3) is 0. The van der Waals surface area contributed by atoms with E-state index in [0.29, 0.717) is 17.5 Å². The molecule has 11 aromatic rings. The van der Waals surface area contributed by atoms with Crippen LogP contribution in [-0.2, 0) is 0 Å². The third-order valence-electron chi connectivity index (χ3n) is 11.5. The van der Waals surface area contributed by atoms with Gasteiger partial charge in [-0.25, -0.2) is 15.0 Å². The van der Waals surface area contributed by atoms with E-state index in [-0.39, 0.29) is 0 Å². The monoisotopic (exact) mass is 763 g/mol. The van der Waals surface area contributed by atoms with Crippen LogP contribution in [0.4, 0.5) is 0 Å². The van der Waals surface area contributed by atoms with Crippen molar-refractivity contribution in [1.82, 2.24) is 15.0 Å². The molecule has 3 heteroatoms. The summed E-state index contributed by atoms with van der Waals surface area (Å²) in [6.45, 7) is 0. The number of aromatic nitrogens is 3. The number of hydrogen-bond donors (Lipinski definition) is 0. The minimum atomic E-state index is 0.632. The van der Waals surface area contributed by atoms with Gasteiger partial charge in [0.2, 0.25) is 0 Å². The van der Waals surface area contributed by atoms with Crippen molar-refractivity contribution in [3.8, 4) is 78.7 Å². The van der Waals surface area contributed by atoms with Crippen LogP contribution in [0.3, 0.4) is 0 Å². The van der Waals surface area contributed by atoms with Crippen LogP contribution < -0.4 is 0 Å². The molecule has 1 aromatic heterocycles. The summed E-state index contributed by atoms with van der Waals surface area (Å²) in [4.78, 5) is 15.2. The van der Waals surface area contributed by atoms with E-state index < -0.39 is 0 Å². The molecule has 11 rings (SSSR count). The molecule has 0 saturated heterocycles. The van der Waals surface area contributed by atoms with E-state index >= 15 is 0 Å². The van der Waals surface area contributed by atoms with Crippen molar-refractivity contribution in [2.75, 3.05) is 0 Å². The van der Waals surface area contributed by atoms with Crippen LogP contribution >= 0.6 is 0 Å². The van der Waals surface area contributed by atoms with Gasteiger partial charge in [0.25, 0.3) is 0 Å². The summed E-state index contributed by atoms with van der Waals surface area (Å²) in [5.41, 5.74) is 12.3. The van der Waals surface area contributed by atoms with Crippen LogP contribution in [0.5, 0.6) is 0 Å². The fourth-order valence-electron chi connectivity index (χ4n) is 8.55. The molecule has 0 unspecified atom stereocenters. The molecule has 0 bridgehead atoms. The molecule has 0 atom stereocenters. The number of benzene rings is 10. The predicted molar refractivity (Wildman–Crippen MR) is 250 cm³/mol. The summed E-state index contributed by atoms with van der Waals surface area (Å²) in [6.07, 6.45) is 0. The van der Waals surface area contributed by atoms with Crippen molar-refractivity contribution in [2.24, 2.45) is 0 Å². The second-order valence-corrected chi connectivity index (χ2v) is 15.2. The zero-order chi connectivity index (χ0) is 39.8. The lowest BCUT2D eigenvalue weighted by molar-refractivity contribution is 1.07. The lowest BCUT2D eigenvalue weighted by Crippen LogP contribution is -2.00. The summed E-state index contributed by atoms with van der Waals surface area (Å²) in [5.74, 6) is 1.91. The predicted octanol–water partition coefficient (Wildman–Crippen LogP) is 15.0. The minimum Gasteiger partial charge on any atom is -0.208 e. The first-order chi connectivity index (χ1) is 29.7. The summed E-state index contributed by atoms with van der Waals surface area (Å²) in [7, 11) is 0. The second-order valence-electron chi connectivity index (χ2n) is 15.2. The summed E-state index contributed by atoms with van der Waals surface area (Å²) in [6, 6.07) is 79.6. The molecule has 60 heavy (non-hydrogen) atoms. The Morgan fingerprint density at radius 1 is 0.200 bits per heavy atom. The van der Waals surface area contributed by atoms with Crippen LogP contribution in [0.25, 0.3) is 111 Å². The quantitative estimate of drug-likeness (QED) is 0.152. The van der Waals surface area contributed by atoms with Crippen LogP contribution in [-0.4, -0.2) is 15.0 Å². The molecule has 0 spiro atoms. The molecule has 0 aliphatic carbocycles.